The first-order chi connectivity index (χ1) is 15.7. The smallest absolute Gasteiger partial charge is 0.432 e. The maximum Gasteiger partial charge on any atom is 0.432 e. The normalized spacial score (nSPS) is 10.7. The van der Waals surface area contributed by atoms with Crippen LogP contribution < -0.4 is 15.4 Å². The Morgan fingerprint density at radius 1 is 1.18 bits per heavy atom. The predicted octanol–water partition coefficient (Wildman–Crippen LogP) is 2.39. The minimum atomic E-state index is -4.58. The van der Waals surface area contributed by atoms with Gasteiger partial charge in [0.15, 0.2) is 0 Å². The Balaban J connectivity index is 1.84. The Kier molecular flexibility index (Phi) is 7.24. The van der Waals surface area contributed by atoms with E-state index >= 15 is 0 Å². The molecule has 3 N–H and O–H groups in total. The fourth-order valence-electron chi connectivity index (χ4n) is 2.55. The number of nitrogens with one attached hydrogen (secondary N) is 3. The van der Waals surface area contributed by atoms with Gasteiger partial charge in [0.25, 0.3) is 0 Å². The number of carbonyl (C=O) groups excluding carboxylic acids is 2. The highest BCUT2D eigenvalue weighted by atomic mass is 19.4. The molecule has 0 aliphatic carbocycles. The molecule has 3 aromatic rings. The molecule has 0 unspecified atom stereocenters. The lowest BCUT2D eigenvalue weighted by Crippen LogP contribution is -2.25. The van der Waals surface area contributed by atoms with Gasteiger partial charge in [-0.3, -0.25) is 9.59 Å². The first-order valence-corrected chi connectivity index (χ1v) is 9.44. The summed E-state index contributed by atoms with van der Waals surface area (Å²) in [6.45, 7) is 1.66. The molecule has 170 valence electrons. The zero-order chi connectivity index (χ0) is 23.8. The number of hydrogen-bond acceptors (Lipinski definition) is 6. The Labute approximate surface area is 185 Å². The maximum atomic E-state index is 12.9. The molecule has 3 rings (SSSR count). The van der Waals surface area contributed by atoms with Crippen LogP contribution in [0, 0.1) is 11.8 Å². The molecule has 0 spiro atoms. The summed E-state index contributed by atoms with van der Waals surface area (Å²) in [5, 5.41) is 5.11. The zero-order valence-corrected chi connectivity index (χ0v) is 17.2. The molecule has 0 bridgehead atoms. The van der Waals surface area contributed by atoms with Crippen LogP contribution in [0.2, 0.25) is 0 Å². The van der Waals surface area contributed by atoms with Crippen LogP contribution in [0.1, 0.15) is 18.2 Å². The fourth-order valence-corrected chi connectivity index (χ4v) is 2.55. The molecule has 2 heterocycles. The van der Waals surface area contributed by atoms with Crippen LogP contribution in [0.5, 0.6) is 5.75 Å². The largest absolute Gasteiger partial charge is 0.490 e. The van der Waals surface area contributed by atoms with E-state index in [9.17, 15) is 22.8 Å². The van der Waals surface area contributed by atoms with Crippen molar-refractivity contribution in [3.63, 3.8) is 0 Å². The number of aromatic nitrogens is 4. The van der Waals surface area contributed by atoms with Gasteiger partial charge in [-0.1, -0.05) is 5.92 Å². The van der Waals surface area contributed by atoms with Gasteiger partial charge >= 0.3 is 12.1 Å². The van der Waals surface area contributed by atoms with E-state index in [4.69, 9.17) is 4.74 Å². The Bertz CT molecular complexity index is 1200. The number of benzene rings is 1. The van der Waals surface area contributed by atoms with Crippen LogP contribution in [0.25, 0.3) is 11.4 Å². The molecule has 0 aliphatic heterocycles. The highest BCUT2D eigenvalue weighted by Gasteiger charge is 2.33. The van der Waals surface area contributed by atoms with Gasteiger partial charge < -0.3 is 20.4 Å². The van der Waals surface area contributed by atoms with Crippen molar-refractivity contribution in [2.75, 3.05) is 18.5 Å². The van der Waals surface area contributed by atoms with E-state index in [0.29, 0.717) is 11.8 Å². The first kappa shape index (κ1) is 23.3. The Morgan fingerprint density at radius 3 is 2.61 bits per heavy atom. The summed E-state index contributed by atoms with van der Waals surface area (Å²) in [6, 6.07) is 4.35. The molecule has 9 nitrogen and oxygen atoms in total. The highest BCUT2D eigenvalue weighted by Crippen LogP contribution is 2.32. The lowest BCUT2D eigenvalue weighted by molar-refractivity contribution is -0.140. The molecule has 0 fully saturated rings. The number of hydrogen-bond donors (Lipinski definition) is 3. The Morgan fingerprint density at radius 2 is 1.94 bits per heavy atom. The summed E-state index contributed by atoms with van der Waals surface area (Å²) in [5.41, 5.74) is -0.151. The number of rotatable bonds is 6. The second-order valence-corrected chi connectivity index (χ2v) is 6.52. The highest BCUT2D eigenvalue weighted by molar-refractivity contribution is 6.05. The molecular weight excluding hydrogens is 441 g/mol. The number of aromatic amines is 1. The van der Waals surface area contributed by atoms with Crippen LogP contribution in [-0.4, -0.2) is 44.9 Å². The van der Waals surface area contributed by atoms with Gasteiger partial charge in [0, 0.05) is 30.8 Å². The van der Waals surface area contributed by atoms with Crippen LogP contribution >= 0.6 is 0 Å². The number of amides is 2. The van der Waals surface area contributed by atoms with E-state index in [0.717, 1.165) is 0 Å². The van der Waals surface area contributed by atoms with Crippen molar-refractivity contribution >= 4 is 17.5 Å². The van der Waals surface area contributed by atoms with Crippen molar-refractivity contribution < 1.29 is 27.5 Å². The molecule has 33 heavy (non-hydrogen) atoms. The van der Waals surface area contributed by atoms with Gasteiger partial charge in [0.1, 0.15) is 30.2 Å². The van der Waals surface area contributed by atoms with Gasteiger partial charge in [-0.15, -0.1) is 0 Å². The SMILES string of the molecule is CC(=O)NCCOc1ccc(-c2ncc(C(F)(F)F)[nH]2)cc1NC(=O)C#Cc1cncnc1. The molecule has 0 saturated carbocycles. The monoisotopic (exact) mass is 458 g/mol. The Hall–Kier alpha value is -4.40. The number of imidazole rings is 1. The molecule has 2 amide bonds. The molecule has 0 saturated heterocycles. The van der Waals surface area contributed by atoms with E-state index in [-0.39, 0.29) is 41.9 Å². The summed E-state index contributed by atoms with van der Waals surface area (Å²) in [4.78, 5) is 36.9. The average Bonchev–Trinajstić information content (AvgIpc) is 3.28. The minimum Gasteiger partial charge on any atom is -0.490 e. The molecule has 0 aliphatic rings. The molecule has 12 heteroatoms. The number of anilines is 1. The van der Waals surface area contributed by atoms with Gasteiger partial charge in [-0.25, -0.2) is 15.0 Å². The summed E-state index contributed by atoms with van der Waals surface area (Å²) in [6.07, 6.45) is 0.282. The molecule has 2 aromatic heterocycles. The van der Waals surface area contributed by atoms with E-state index in [1.807, 2.05) is 0 Å². The molecule has 0 atom stereocenters. The van der Waals surface area contributed by atoms with Crippen LogP contribution in [0.3, 0.4) is 0 Å². The van der Waals surface area contributed by atoms with Crippen molar-refractivity contribution in [3.05, 3.63) is 54.4 Å². The van der Waals surface area contributed by atoms with E-state index in [1.165, 1.54) is 43.8 Å². The average molecular weight is 458 g/mol. The van der Waals surface area contributed by atoms with Crippen molar-refractivity contribution in [1.82, 2.24) is 25.3 Å². The molecule has 0 radical (unpaired) electrons. The van der Waals surface area contributed by atoms with Crippen LogP contribution in [0.15, 0.2) is 43.1 Å². The number of carbonyl (C=O) groups is 2. The second-order valence-electron chi connectivity index (χ2n) is 6.52. The van der Waals surface area contributed by atoms with E-state index in [1.54, 1.807) is 0 Å². The standard InChI is InChI=1S/C21H17F3N6O3/c1-13(31)27-6-7-33-17-4-3-15(20-28-11-18(30-20)21(22,23)24)8-16(17)29-19(32)5-2-14-9-25-12-26-10-14/h3-4,8-12H,6-7H2,1H3,(H,27,31)(H,28,30)(H,29,32). The van der Waals surface area contributed by atoms with Crippen LogP contribution in [0.4, 0.5) is 18.9 Å². The lowest BCUT2D eigenvalue weighted by Gasteiger charge is -2.13. The number of halogens is 3. The fraction of sp³-hybridized carbons (Fsp3) is 0.190. The summed E-state index contributed by atoms with van der Waals surface area (Å²) < 4.78 is 44.2. The number of nitrogens with zero attached hydrogens (tertiary/aromatic N) is 3. The number of ether oxygens (including phenoxy) is 1. The minimum absolute atomic E-state index is 0.0462. The third-order valence-corrected chi connectivity index (χ3v) is 4.00. The topological polar surface area (TPSA) is 122 Å². The van der Waals surface area contributed by atoms with Gasteiger partial charge in [-0.2, -0.15) is 13.2 Å². The molecular formula is C21H17F3N6O3. The van der Waals surface area contributed by atoms with Crippen LogP contribution in [-0.2, 0) is 15.8 Å². The number of alkyl halides is 3. The lowest BCUT2D eigenvalue weighted by atomic mass is 10.1. The second kappa shape index (κ2) is 10.3. The number of H-pyrrole nitrogens is 1. The van der Waals surface area contributed by atoms with E-state index in [2.05, 4.69) is 42.4 Å². The maximum absolute atomic E-state index is 12.9. The van der Waals surface area contributed by atoms with Crippen molar-refractivity contribution in [2.24, 2.45) is 0 Å². The van der Waals surface area contributed by atoms with Crippen molar-refractivity contribution in [1.29, 1.82) is 0 Å². The van der Waals surface area contributed by atoms with Crippen molar-refractivity contribution in [3.8, 4) is 29.0 Å². The summed E-state index contributed by atoms with van der Waals surface area (Å²) in [5.74, 6) is 4.22. The van der Waals surface area contributed by atoms with Gasteiger partial charge in [0.2, 0.25) is 5.91 Å². The molecule has 1 aromatic carbocycles. The van der Waals surface area contributed by atoms with Gasteiger partial charge in [0.05, 0.1) is 24.0 Å². The first-order valence-electron chi connectivity index (χ1n) is 9.44. The quantitative estimate of drug-likeness (QED) is 0.385. The van der Waals surface area contributed by atoms with Gasteiger partial charge in [-0.05, 0) is 18.2 Å². The zero-order valence-electron chi connectivity index (χ0n) is 17.2. The van der Waals surface area contributed by atoms with E-state index < -0.39 is 17.8 Å². The summed E-state index contributed by atoms with van der Waals surface area (Å²) >= 11 is 0. The third-order valence-electron chi connectivity index (χ3n) is 4.00. The predicted molar refractivity (Wildman–Crippen MR) is 111 cm³/mol. The van der Waals surface area contributed by atoms with Crippen molar-refractivity contribution in [2.45, 2.75) is 13.1 Å². The third kappa shape index (κ3) is 6.79. The summed E-state index contributed by atoms with van der Waals surface area (Å²) in [7, 11) is 0.